The third-order valence-electron chi connectivity index (χ3n) is 14.7. The van der Waals surface area contributed by atoms with Crippen LogP contribution in [0.5, 0.6) is 0 Å². The van der Waals surface area contributed by atoms with E-state index in [1.165, 1.54) is 113 Å². The predicted molar refractivity (Wildman–Crippen MR) is 250 cm³/mol. The molecule has 290 valence electrons. The zero-order valence-corrected chi connectivity index (χ0v) is 37.2. The molecule has 2 unspecified atom stereocenters. The Morgan fingerprint density at radius 1 is 0.632 bits per heavy atom. The summed E-state index contributed by atoms with van der Waals surface area (Å²) in [4.78, 5) is 5.59. The molecule has 0 radical (unpaired) electrons. The molecule has 1 aliphatic carbocycles. The Hall–Kier alpha value is -4.28. The van der Waals surface area contributed by atoms with Crippen LogP contribution in [0.15, 0.2) is 91.0 Å². The summed E-state index contributed by atoms with van der Waals surface area (Å²) in [6.07, 6.45) is 5.00. The second-order valence-corrected chi connectivity index (χ2v) is 22.5. The Labute approximate surface area is 346 Å². The van der Waals surface area contributed by atoms with Gasteiger partial charge >= 0.3 is 0 Å². The van der Waals surface area contributed by atoms with Crippen LogP contribution >= 0.6 is 11.3 Å². The molecule has 0 amide bonds. The zero-order chi connectivity index (χ0) is 40.2. The van der Waals surface area contributed by atoms with Gasteiger partial charge in [-0.1, -0.05) is 143 Å². The van der Waals surface area contributed by atoms with Gasteiger partial charge in [-0.25, -0.2) is 0 Å². The Balaban J connectivity index is 1.36. The first-order chi connectivity index (χ1) is 26.8. The molecular weight excluding hydrogens is 707 g/mol. The molecule has 1 saturated carbocycles. The molecule has 2 nitrogen and oxygen atoms in total. The lowest BCUT2D eigenvalue weighted by atomic mass is 9.33. The van der Waals surface area contributed by atoms with Crippen molar-refractivity contribution in [1.82, 2.24) is 0 Å². The van der Waals surface area contributed by atoms with E-state index in [2.05, 4.69) is 184 Å². The highest BCUT2D eigenvalue weighted by molar-refractivity contribution is 7.26. The van der Waals surface area contributed by atoms with E-state index < -0.39 is 0 Å². The maximum atomic E-state index is 2.89. The van der Waals surface area contributed by atoms with E-state index in [0.29, 0.717) is 0 Å². The maximum absolute atomic E-state index is 2.89. The van der Waals surface area contributed by atoms with E-state index in [-0.39, 0.29) is 33.9 Å². The molecule has 6 aromatic rings. The Morgan fingerprint density at radius 2 is 1.28 bits per heavy atom. The van der Waals surface area contributed by atoms with Crippen molar-refractivity contribution in [3.05, 3.63) is 119 Å². The van der Waals surface area contributed by atoms with Crippen LogP contribution in [0.2, 0.25) is 0 Å². The lowest BCUT2D eigenvalue weighted by Crippen LogP contribution is -2.64. The molecule has 0 saturated heterocycles. The molecule has 10 rings (SSSR count). The summed E-state index contributed by atoms with van der Waals surface area (Å²) in [6.45, 7) is 29.0. The largest absolute Gasteiger partial charge is 0.335 e. The lowest BCUT2D eigenvalue weighted by Gasteiger charge is -2.52. The Bertz CT molecular complexity index is 2650. The third kappa shape index (κ3) is 5.14. The van der Waals surface area contributed by atoms with Gasteiger partial charge in [-0.15, -0.1) is 11.3 Å². The summed E-state index contributed by atoms with van der Waals surface area (Å²) < 4.78 is 1.38. The molecule has 4 heteroatoms. The average Bonchev–Trinajstić information content (AvgIpc) is 3.62. The van der Waals surface area contributed by atoms with Gasteiger partial charge in [0.15, 0.2) is 0 Å². The van der Waals surface area contributed by atoms with Crippen molar-refractivity contribution in [2.45, 2.75) is 136 Å². The molecule has 2 atom stereocenters. The fourth-order valence-electron chi connectivity index (χ4n) is 11.2. The van der Waals surface area contributed by atoms with E-state index in [1.807, 2.05) is 11.3 Å². The summed E-state index contributed by atoms with van der Waals surface area (Å²) in [5.74, 6) is 0. The number of rotatable bonds is 2. The van der Waals surface area contributed by atoms with Crippen LogP contribution in [0.3, 0.4) is 0 Å². The minimum Gasteiger partial charge on any atom is -0.335 e. The van der Waals surface area contributed by atoms with Gasteiger partial charge in [-0.2, -0.15) is 0 Å². The molecule has 1 aromatic heterocycles. The van der Waals surface area contributed by atoms with Crippen LogP contribution in [-0.2, 0) is 21.7 Å². The average molecular weight is 767 g/mol. The molecule has 0 N–H and O–H groups in total. The normalized spacial score (nSPS) is 21.1. The highest BCUT2D eigenvalue weighted by atomic mass is 32.1. The summed E-state index contributed by atoms with van der Waals surface area (Å²) in [5, 5.41) is 2.76. The standard InChI is InChI=1S/C53H59BN2S/c1-32-26-42-46-43(27-32)56-47-39(52(11)24-16-17-25-53(52,56)12)29-36(51(8,9)10)30-40(47)54(46)45-37-22-20-35(50(5,6)7)31-44(37)57-48(45)55(42)41-23-21-34(49(2,3)4)28-38(41)33-18-14-13-15-19-33/h13-15,18-23,26-31H,16-17,24-25H2,1-12H3. The van der Waals surface area contributed by atoms with Gasteiger partial charge in [0.2, 0.25) is 0 Å². The van der Waals surface area contributed by atoms with Crippen LogP contribution < -0.4 is 26.2 Å². The van der Waals surface area contributed by atoms with Gasteiger partial charge in [-0.05, 0) is 128 Å². The molecule has 3 aliphatic heterocycles. The van der Waals surface area contributed by atoms with Crippen molar-refractivity contribution in [2.75, 3.05) is 9.80 Å². The molecular formula is C53H59BN2S. The molecule has 4 aliphatic rings. The molecule has 1 fully saturated rings. The fourth-order valence-corrected chi connectivity index (χ4v) is 12.5. The maximum Gasteiger partial charge on any atom is 0.254 e. The second kappa shape index (κ2) is 11.9. The zero-order valence-electron chi connectivity index (χ0n) is 36.4. The van der Waals surface area contributed by atoms with Gasteiger partial charge in [0, 0.05) is 32.7 Å². The van der Waals surface area contributed by atoms with E-state index in [0.717, 1.165) is 0 Å². The summed E-state index contributed by atoms with van der Waals surface area (Å²) in [5.41, 5.74) is 19.8. The molecule has 0 spiro atoms. The van der Waals surface area contributed by atoms with Crippen molar-refractivity contribution in [3.63, 3.8) is 0 Å². The summed E-state index contributed by atoms with van der Waals surface area (Å²) in [6, 6.07) is 36.2. The molecule has 0 bridgehead atoms. The van der Waals surface area contributed by atoms with E-state index in [4.69, 9.17) is 0 Å². The molecule has 5 aromatic carbocycles. The first-order valence-electron chi connectivity index (χ1n) is 21.5. The monoisotopic (exact) mass is 766 g/mol. The number of fused-ring (bicyclic) bond motifs is 9. The van der Waals surface area contributed by atoms with Crippen LogP contribution in [-0.4, -0.2) is 12.3 Å². The third-order valence-corrected chi connectivity index (χ3v) is 15.9. The number of nitrogens with zero attached hydrogens (tertiary/aromatic N) is 2. The smallest absolute Gasteiger partial charge is 0.254 e. The van der Waals surface area contributed by atoms with Crippen molar-refractivity contribution < 1.29 is 0 Å². The Kier molecular flexibility index (Phi) is 7.73. The predicted octanol–water partition coefficient (Wildman–Crippen LogP) is 13.1. The SMILES string of the molecule is Cc1cc2c3c(c1)N1c4c(cc(C(C)(C)C)cc4C4(C)CCCCC14C)B3c1c(sc3cc(C(C)(C)C)ccc13)N2c1ccc(C(C)(C)C)cc1-c1ccccc1. The number of hydrogen-bond acceptors (Lipinski definition) is 3. The van der Waals surface area contributed by atoms with Crippen LogP contribution in [0, 0.1) is 6.92 Å². The van der Waals surface area contributed by atoms with E-state index in [1.54, 1.807) is 5.56 Å². The first-order valence-corrected chi connectivity index (χ1v) is 22.3. The van der Waals surface area contributed by atoms with Crippen molar-refractivity contribution >= 4 is 72.3 Å². The van der Waals surface area contributed by atoms with Gasteiger partial charge in [0.25, 0.3) is 6.71 Å². The number of anilines is 5. The topological polar surface area (TPSA) is 6.48 Å². The van der Waals surface area contributed by atoms with Crippen LogP contribution in [0.25, 0.3) is 21.2 Å². The van der Waals surface area contributed by atoms with E-state index in [9.17, 15) is 0 Å². The fraction of sp³-hybridized carbons (Fsp3) is 0.396. The number of thiophene rings is 1. The number of benzene rings is 5. The van der Waals surface area contributed by atoms with Crippen molar-refractivity contribution in [1.29, 1.82) is 0 Å². The summed E-state index contributed by atoms with van der Waals surface area (Å²) in [7, 11) is 0. The first kappa shape index (κ1) is 37.0. The highest BCUT2D eigenvalue weighted by Crippen LogP contribution is 2.62. The summed E-state index contributed by atoms with van der Waals surface area (Å²) >= 11 is 2.00. The molecule has 4 heterocycles. The second-order valence-electron chi connectivity index (χ2n) is 21.5. The minimum atomic E-state index is -0.0155. The van der Waals surface area contributed by atoms with Gasteiger partial charge in [0.05, 0.1) is 16.2 Å². The van der Waals surface area contributed by atoms with Gasteiger partial charge < -0.3 is 9.80 Å². The van der Waals surface area contributed by atoms with Crippen LogP contribution in [0.4, 0.5) is 27.8 Å². The van der Waals surface area contributed by atoms with Crippen LogP contribution in [0.1, 0.15) is 130 Å². The van der Waals surface area contributed by atoms with Crippen molar-refractivity contribution in [3.8, 4) is 11.1 Å². The number of aryl methyl sites for hydroxylation is 1. The van der Waals surface area contributed by atoms with Gasteiger partial charge in [-0.3, -0.25) is 0 Å². The number of hydrogen-bond donors (Lipinski definition) is 0. The van der Waals surface area contributed by atoms with Gasteiger partial charge in [0.1, 0.15) is 0 Å². The van der Waals surface area contributed by atoms with Crippen molar-refractivity contribution in [2.24, 2.45) is 0 Å². The lowest BCUT2D eigenvalue weighted by molar-refractivity contribution is 0.195. The van der Waals surface area contributed by atoms with E-state index >= 15 is 0 Å². The minimum absolute atomic E-state index is 0.0155. The quantitative estimate of drug-likeness (QED) is 0.162. The Morgan fingerprint density at radius 3 is 1.98 bits per heavy atom. The highest BCUT2D eigenvalue weighted by Gasteiger charge is 2.62. The molecule has 57 heavy (non-hydrogen) atoms.